The van der Waals surface area contributed by atoms with Crippen LogP contribution in [0.2, 0.25) is 0 Å². The molecule has 1 aliphatic heterocycles. The van der Waals surface area contributed by atoms with Gasteiger partial charge in [-0.1, -0.05) is 29.5 Å². The van der Waals surface area contributed by atoms with Gasteiger partial charge in [-0.05, 0) is 73.4 Å². The maximum absolute atomic E-state index is 11.9. The highest BCUT2D eigenvalue weighted by Crippen LogP contribution is 2.36. The third-order valence-electron chi connectivity index (χ3n) is 8.38. The lowest BCUT2D eigenvalue weighted by Crippen LogP contribution is -2.34. The van der Waals surface area contributed by atoms with Crippen LogP contribution < -0.4 is 19.1 Å². The Hall–Kier alpha value is -3.50. The van der Waals surface area contributed by atoms with Crippen LogP contribution in [0.3, 0.4) is 0 Å². The monoisotopic (exact) mass is 582 g/mol. The molecule has 0 saturated heterocycles. The van der Waals surface area contributed by atoms with Gasteiger partial charge in [-0.2, -0.15) is 0 Å². The van der Waals surface area contributed by atoms with Gasteiger partial charge in [0.15, 0.2) is 11.5 Å². The number of methoxy groups -OCH3 is 1. The van der Waals surface area contributed by atoms with E-state index < -0.39 is 5.97 Å². The number of ether oxygens (including phenoxy) is 3. The molecule has 1 unspecified atom stereocenters. The van der Waals surface area contributed by atoms with Gasteiger partial charge < -0.3 is 24.4 Å². The number of benzene rings is 2. The first kappa shape index (κ1) is 29.0. The molecular weight excluding hydrogens is 544 g/mol. The minimum absolute atomic E-state index is 0.0625. The van der Waals surface area contributed by atoms with Gasteiger partial charge in [-0.15, -0.1) is 0 Å². The lowest BCUT2D eigenvalue weighted by atomic mass is 9.81. The van der Waals surface area contributed by atoms with E-state index in [1.165, 1.54) is 21.1 Å². The van der Waals surface area contributed by atoms with Gasteiger partial charge in [0.25, 0.3) is 0 Å². The summed E-state index contributed by atoms with van der Waals surface area (Å²) in [4.78, 5) is 25.6. The molecule has 1 atom stereocenters. The van der Waals surface area contributed by atoms with Crippen molar-refractivity contribution in [3.8, 4) is 23.1 Å². The molecule has 0 radical (unpaired) electrons. The zero-order valence-corrected chi connectivity index (χ0v) is 24.4. The largest absolute Gasteiger partial charge is 0.494 e. The minimum Gasteiger partial charge on any atom is -0.494 e. The van der Waals surface area contributed by atoms with Crippen LogP contribution in [0.1, 0.15) is 55.3 Å². The number of hydrogen-bond donors (Lipinski definition) is 2. The fourth-order valence-electron chi connectivity index (χ4n) is 5.90. The zero-order valence-electron chi connectivity index (χ0n) is 23.6. The van der Waals surface area contributed by atoms with Gasteiger partial charge in [-0.3, -0.25) is 19.1 Å². The van der Waals surface area contributed by atoms with Gasteiger partial charge in [0.2, 0.25) is 5.88 Å². The average molecular weight is 583 g/mol. The summed E-state index contributed by atoms with van der Waals surface area (Å²) < 4.78 is 18.6. The summed E-state index contributed by atoms with van der Waals surface area (Å²) in [5.41, 5.74) is 3.57. The fraction of sp³-hybridized carbons (Fsp3) is 0.484. The van der Waals surface area contributed by atoms with E-state index in [2.05, 4.69) is 30.0 Å². The Morgan fingerprint density at radius 1 is 1.17 bits per heavy atom. The minimum atomic E-state index is -0.678. The van der Waals surface area contributed by atoms with Crippen molar-refractivity contribution < 1.29 is 29.2 Å². The van der Waals surface area contributed by atoms with Gasteiger partial charge in [0.1, 0.15) is 12.4 Å². The second-order valence-electron chi connectivity index (χ2n) is 11.0. The number of aliphatic carboxylic acids is 1. The van der Waals surface area contributed by atoms with Gasteiger partial charge in [0.05, 0.1) is 31.6 Å². The van der Waals surface area contributed by atoms with E-state index in [0.717, 1.165) is 67.9 Å². The third kappa shape index (κ3) is 6.87. The highest BCUT2D eigenvalue weighted by molar-refractivity contribution is 7.07. The summed E-state index contributed by atoms with van der Waals surface area (Å²) in [5.74, 6) is 1.62. The molecule has 220 valence electrons. The van der Waals surface area contributed by atoms with Crippen molar-refractivity contribution >= 4 is 17.3 Å². The normalized spacial score (nSPS) is 19.0. The van der Waals surface area contributed by atoms with Crippen LogP contribution in [0, 0.1) is 11.8 Å². The fourth-order valence-corrected chi connectivity index (χ4v) is 6.55. The predicted octanol–water partition coefficient (Wildman–Crippen LogP) is 5.09. The molecule has 1 saturated carbocycles. The Kier molecular flexibility index (Phi) is 9.19. The van der Waals surface area contributed by atoms with E-state index in [1.54, 1.807) is 7.11 Å². The summed E-state index contributed by atoms with van der Waals surface area (Å²) >= 11 is 0.953. The van der Waals surface area contributed by atoms with Crippen molar-refractivity contribution in [2.75, 3.05) is 26.9 Å². The van der Waals surface area contributed by atoms with Crippen LogP contribution in [-0.4, -0.2) is 52.5 Å². The molecule has 5 rings (SSSR count). The van der Waals surface area contributed by atoms with E-state index in [0.29, 0.717) is 24.0 Å². The molecule has 2 aliphatic rings. The smallest absolute Gasteiger partial charge is 0.310 e. The second-order valence-corrected chi connectivity index (χ2v) is 11.8. The highest BCUT2D eigenvalue weighted by atomic mass is 32.1. The van der Waals surface area contributed by atoms with Gasteiger partial charge >= 0.3 is 10.8 Å². The Labute approximate surface area is 243 Å². The SMILES string of the molecule is COc1cc(CN(CC2CCC(C(=O)O)CC2)C(C)c2ccc3c(c2)CCO3)ccc1OCCn1c(O)csc1=O. The predicted molar refractivity (Wildman–Crippen MR) is 156 cm³/mol. The summed E-state index contributed by atoms with van der Waals surface area (Å²) in [6, 6.07) is 12.5. The topological polar surface area (TPSA) is 110 Å². The van der Waals surface area contributed by atoms with Crippen LogP contribution in [0.4, 0.5) is 0 Å². The number of carboxylic acids is 1. The Morgan fingerprint density at radius 3 is 2.68 bits per heavy atom. The molecule has 0 bridgehead atoms. The van der Waals surface area contributed by atoms with Crippen molar-refractivity contribution in [2.24, 2.45) is 11.8 Å². The Bertz CT molecular complexity index is 1410. The second kappa shape index (κ2) is 13.0. The zero-order chi connectivity index (χ0) is 28.9. The molecule has 41 heavy (non-hydrogen) atoms. The third-order valence-corrected chi connectivity index (χ3v) is 9.13. The first-order valence-electron chi connectivity index (χ1n) is 14.2. The number of carbonyl (C=O) groups is 1. The van der Waals surface area contributed by atoms with E-state index in [-0.39, 0.29) is 35.9 Å². The van der Waals surface area contributed by atoms with Crippen LogP contribution in [0.15, 0.2) is 46.6 Å². The molecule has 2 N–H and O–H groups in total. The van der Waals surface area contributed by atoms with Crippen LogP contribution in [-0.2, 0) is 24.3 Å². The number of carboxylic acid groups (broad SMARTS) is 1. The van der Waals surface area contributed by atoms with Gasteiger partial charge in [-0.25, -0.2) is 0 Å². The van der Waals surface area contributed by atoms with Crippen molar-refractivity contribution in [3.63, 3.8) is 0 Å². The molecule has 1 aromatic heterocycles. The van der Waals surface area contributed by atoms with E-state index >= 15 is 0 Å². The van der Waals surface area contributed by atoms with E-state index in [1.807, 2.05) is 18.2 Å². The molecule has 3 aromatic rings. The molecule has 2 heterocycles. The van der Waals surface area contributed by atoms with Crippen molar-refractivity contribution in [2.45, 2.75) is 58.2 Å². The van der Waals surface area contributed by atoms with Crippen LogP contribution in [0.25, 0.3) is 0 Å². The number of hydrogen-bond acceptors (Lipinski definition) is 8. The number of aromatic hydroxyl groups is 1. The summed E-state index contributed by atoms with van der Waals surface area (Å²) in [7, 11) is 1.61. The Balaban J connectivity index is 1.30. The molecule has 1 fully saturated rings. The first-order valence-corrected chi connectivity index (χ1v) is 15.1. The van der Waals surface area contributed by atoms with Crippen molar-refractivity contribution in [1.82, 2.24) is 9.47 Å². The number of aromatic nitrogens is 1. The number of rotatable bonds is 12. The van der Waals surface area contributed by atoms with E-state index in [9.17, 15) is 19.8 Å². The average Bonchev–Trinajstić information content (AvgIpc) is 3.58. The maximum Gasteiger partial charge on any atom is 0.310 e. The molecule has 9 nitrogen and oxygen atoms in total. The molecule has 0 amide bonds. The molecule has 2 aromatic carbocycles. The molecular formula is C31H38N2O7S. The maximum atomic E-state index is 11.9. The Morgan fingerprint density at radius 2 is 1.98 bits per heavy atom. The van der Waals surface area contributed by atoms with Crippen molar-refractivity contribution in [1.29, 1.82) is 0 Å². The van der Waals surface area contributed by atoms with Crippen LogP contribution in [0.5, 0.6) is 23.1 Å². The summed E-state index contributed by atoms with van der Waals surface area (Å²) in [6.45, 7) is 4.98. The number of thiazole rings is 1. The number of nitrogens with zero attached hydrogens (tertiary/aromatic N) is 2. The lowest BCUT2D eigenvalue weighted by molar-refractivity contribution is -0.143. The van der Waals surface area contributed by atoms with Crippen molar-refractivity contribution in [3.05, 3.63) is 68.1 Å². The van der Waals surface area contributed by atoms with Gasteiger partial charge in [0, 0.05) is 25.6 Å². The number of fused-ring (bicyclic) bond motifs is 1. The molecule has 0 spiro atoms. The quantitative estimate of drug-likeness (QED) is 0.304. The van der Waals surface area contributed by atoms with Crippen LogP contribution >= 0.6 is 11.3 Å². The molecule has 10 heteroatoms. The highest BCUT2D eigenvalue weighted by Gasteiger charge is 2.29. The first-order chi connectivity index (χ1) is 19.8. The summed E-state index contributed by atoms with van der Waals surface area (Å²) in [5, 5.41) is 20.7. The standard InChI is InChI=1S/C31H38N2O7S/c1-20(24-8-10-26-25(16-24)11-13-39-26)32(17-21-3-6-23(7-4-21)30(35)36)18-22-5-9-27(28(15-22)38-2)40-14-12-33-29(34)19-41-31(33)37/h5,8-10,15-16,19-21,23,34H,3-4,6-7,11-14,17-18H2,1-2H3,(H,35,36). The lowest BCUT2D eigenvalue weighted by Gasteiger charge is -2.35. The molecule has 1 aliphatic carbocycles. The summed E-state index contributed by atoms with van der Waals surface area (Å²) in [6.07, 6.45) is 4.21. The van der Waals surface area contributed by atoms with E-state index in [4.69, 9.17) is 14.2 Å².